The highest BCUT2D eigenvalue weighted by atomic mass is 79.9. The number of tetrazole rings is 1. The minimum Gasteiger partial charge on any atom is -0.389 e. The van der Waals surface area contributed by atoms with Crippen LogP contribution in [0.5, 0.6) is 0 Å². The van der Waals surface area contributed by atoms with Gasteiger partial charge < -0.3 is 5.11 Å². The molecule has 0 unspecified atom stereocenters. The predicted octanol–water partition coefficient (Wildman–Crippen LogP) is 1.63. The Hall–Kier alpha value is -1.31. The Balaban J connectivity index is 2.20. The Morgan fingerprint density at radius 1 is 1.35 bits per heavy atom. The highest BCUT2D eigenvalue weighted by Gasteiger charge is 2.18. The van der Waals surface area contributed by atoms with E-state index in [1.165, 1.54) is 0 Å². The Labute approximate surface area is 126 Å². The van der Waals surface area contributed by atoms with Crippen LogP contribution in [-0.2, 0) is 6.54 Å². The number of benzene rings is 1. The molecule has 2 rings (SSSR count). The first-order valence-electron chi connectivity index (χ1n) is 6.30. The number of para-hydroxylation sites is 1. The quantitative estimate of drug-likeness (QED) is 0.896. The van der Waals surface area contributed by atoms with Crippen LogP contribution in [-0.4, -0.2) is 49.4 Å². The molecular weight excluding hydrogens is 322 g/mol. The van der Waals surface area contributed by atoms with Crippen LogP contribution in [0, 0.1) is 0 Å². The normalized spacial score (nSPS) is 12.1. The Bertz CT molecular complexity index is 578. The van der Waals surface area contributed by atoms with E-state index in [4.69, 9.17) is 0 Å². The molecule has 0 aliphatic rings. The van der Waals surface area contributed by atoms with Crippen LogP contribution >= 0.6 is 15.9 Å². The molecule has 6 nitrogen and oxygen atoms in total. The molecule has 1 aromatic heterocycles. The number of rotatable bonds is 5. The first-order valence-corrected chi connectivity index (χ1v) is 7.09. The molecule has 7 heteroatoms. The molecule has 1 aromatic carbocycles. The van der Waals surface area contributed by atoms with E-state index < -0.39 is 5.60 Å². The van der Waals surface area contributed by atoms with Crippen LogP contribution in [0.3, 0.4) is 0 Å². The highest BCUT2D eigenvalue weighted by molar-refractivity contribution is 9.10. The molecule has 0 saturated carbocycles. The van der Waals surface area contributed by atoms with Crippen molar-refractivity contribution in [3.8, 4) is 5.69 Å². The van der Waals surface area contributed by atoms with Crippen molar-refractivity contribution < 1.29 is 5.11 Å². The lowest BCUT2D eigenvalue weighted by Gasteiger charge is -2.24. The number of hydrogen-bond donors (Lipinski definition) is 1. The van der Waals surface area contributed by atoms with Crippen molar-refractivity contribution in [1.29, 1.82) is 0 Å². The molecule has 108 valence electrons. The highest BCUT2D eigenvalue weighted by Crippen LogP contribution is 2.20. The van der Waals surface area contributed by atoms with Crippen molar-refractivity contribution in [2.75, 3.05) is 13.6 Å². The largest absolute Gasteiger partial charge is 0.389 e. The van der Waals surface area contributed by atoms with E-state index in [0.717, 1.165) is 16.0 Å². The molecule has 20 heavy (non-hydrogen) atoms. The van der Waals surface area contributed by atoms with Crippen LogP contribution in [0.25, 0.3) is 5.69 Å². The molecule has 0 bridgehead atoms. The lowest BCUT2D eigenvalue weighted by Crippen LogP contribution is -2.36. The summed E-state index contributed by atoms with van der Waals surface area (Å²) in [7, 11) is 1.93. The van der Waals surface area contributed by atoms with Gasteiger partial charge in [0.25, 0.3) is 0 Å². The zero-order chi connectivity index (χ0) is 14.8. The third-order valence-electron chi connectivity index (χ3n) is 2.68. The molecule has 0 fully saturated rings. The summed E-state index contributed by atoms with van der Waals surface area (Å²) < 4.78 is 2.63. The minimum absolute atomic E-state index is 0.538. The standard InChI is InChI=1S/C13H18BrN5O/c1-13(2,20)9-18(3)8-12-15-16-17-19(12)11-7-5-4-6-10(11)14/h4-7,20H,8-9H2,1-3H3. The smallest absolute Gasteiger partial charge is 0.170 e. The molecule has 0 amide bonds. The Kier molecular flexibility index (Phi) is 4.52. The molecule has 0 atom stereocenters. The molecule has 1 N–H and O–H groups in total. The number of hydrogen-bond acceptors (Lipinski definition) is 5. The third kappa shape index (κ3) is 3.84. The maximum absolute atomic E-state index is 9.84. The van der Waals surface area contributed by atoms with Gasteiger partial charge in [-0.1, -0.05) is 12.1 Å². The zero-order valence-corrected chi connectivity index (χ0v) is 13.4. The van der Waals surface area contributed by atoms with E-state index in [1.54, 1.807) is 18.5 Å². The number of aliphatic hydroxyl groups is 1. The average Bonchev–Trinajstić information content (AvgIpc) is 2.75. The van der Waals surface area contributed by atoms with Crippen molar-refractivity contribution >= 4 is 15.9 Å². The number of nitrogens with zero attached hydrogens (tertiary/aromatic N) is 5. The number of likely N-dealkylation sites (N-methyl/N-ethyl adjacent to an activating group) is 1. The van der Waals surface area contributed by atoms with Gasteiger partial charge in [0.1, 0.15) is 0 Å². The van der Waals surface area contributed by atoms with Crippen molar-refractivity contribution in [2.24, 2.45) is 0 Å². The van der Waals surface area contributed by atoms with E-state index in [1.807, 2.05) is 36.2 Å². The lowest BCUT2D eigenvalue weighted by atomic mass is 10.1. The summed E-state index contributed by atoms with van der Waals surface area (Å²) in [5.74, 6) is 0.726. The molecule has 1 heterocycles. The fourth-order valence-corrected chi connectivity index (χ4v) is 2.53. The van der Waals surface area contributed by atoms with Gasteiger partial charge in [0.15, 0.2) is 5.82 Å². The Morgan fingerprint density at radius 2 is 2.05 bits per heavy atom. The maximum atomic E-state index is 9.84. The van der Waals surface area contributed by atoms with Gasteiger partial charge in [0, 0.05) is 11.0 Å². The van der Waals surface area contributed by atoms with Crippen molar-refractivity contribution in [3.05, 3.63) is 34.6 Å². The maximum Gasteiger partial charge on any atom is 0.170 e. The fraction of sp³-hybridized carbons (Fsp3) is 0.462. The van der Waals surface area contributed by atoms with Gasteiger partial charge in [0.2, 0.25) is 0 Å². The molecule has 0 aliphatic heterocycles. The number of aromatic nitrogens is 4. The summed E-state index contributed by atoms with van der Waals surface area (Å²) in [5.41, 5.74) is 0.143. The topological polar surface area (TPSA) is 67.1 Å². The third-order valence-corrected chi connectivity index (χ3v) is 3.35. The molecule has 0 aliphatic carbocycles. The van der Waals surface area contributed by atoms with Crippen molar-refractivity contribution in [1.82, 2.24) is 25.1 Å². The molecule has 0 spiro atoms. The number of halogens is 1. The average molecular weight is 340 g/mol. The van der Waals surface area contributed by atoms with Gasteiger partial charge >= 0.3 is 0 Å². The minimum atomic E-state index is -0.750. The van der Waals surface area contributed by atoms with Gasteiger partial charge in [0.05, 0.1) is 17.8 Å². The van der Waals surface area contributed by atoms with Gasteiger partial charge in [-0.2, -0.15) is 4.68 Å². The van der Waals surface area contributed by atoms with Crippen LogP contribution in [0.2, 0.25) is 0 Å². The SMILES string of the molecule is CN(Cc1nnnn1-c1ccccc1Br)CC(C)(C)O. The summed E-state index contributed by atoms with van der Waals surface area (Å²) in [6.07, 6.45) is 0. The van der Waals surface area contributed by atoms with Crippen LogP contribution in [0.4, 0.5) is 0 Å². The monoisotopic (exact) mass is 339 g/mol. The fourth-order valence-electron chi connectivity index (χ4n) is 2.07. The first kappa shape index (κ1) is 15.1. The summed E-state index contributed by atoms with van der Waals surface area (Å²) in [6.45, 7) is 4.65. The van der Waals surface area contributed by atoms with E-state index in [9.17, 15) is 5.11 Å². The molecule has 0 saturated heterocycles. The second-order valence-corrected chi connectivity index (χ2v) is 6.30. The van der Waals surface area contributed by atoms with Gasteiger partial charge in [-0.3, -0.25) is 4.90 Å². The second-order valence-electron chi connectivity index (χ2n) is 5.44. The van der Waals surface area contributed by atoms with Gasteiger partial charge in [-0.15, -0.1) is 5.10 Å². The summed E-state index contributed by atoms with van der Waals surface area (Å²) in [4.78, 5) is 1.99. The summed E-state index contributed by atoms with van der Waals surface area (Å²) >= 11 is 3.50. The van der Waals surface area contributed by atoms with Crippen molar-refractivity contribution in [2.45, 2.75) is 26.0 Å². The molecule has 2 aromatic rings. The summed E-state index contributed by atoms with van der Waals surface area (Å²) in [5, 5.41) is 21.7. The predicted molar refractivity (Wildman–Crippen MR) is 79.5 cm³/mol. The van der Waals surface area contributed by atoms with E-state index >= 15 is 0 Å². The van der Waals surface area contributed by atoms with Gasteiger partial charge in [-0.05, 0) is 59.4 Å². The lowest BCUT2D eigenvalue weighted by molar-refractivity contribution is 0.0416. The second kappa shape index (κ2) is 5.99. The zero-order valence-electron chi connectivity index (χ0n) is 11.8. The van der Waals surface area contributed by atoms with Gasteiger partial charge in [-0.25, -0.2) is 0 Å². The van der Waals surface area contributed by atoms with E-state index in [-0.39, 0.29) is 0 Å². The van der Waals surface area contributed by atoms with Crippen molar-refractivity contribution in [3.63, 3.8) is 0 Å². The van der Waals surface area contributed by atoms with Crippen LogP contribution < -0.4 is 0 Å². The Morgan fingerprint density at radius 3 is 2.70 bits per heavy atom. The molecular formula is C13H18BrN5O. The van der Waals surface area contributed by atoms with E-state index in [0.29, 0.717) is 13.1 Å². The van der Waals surface area contributed by atoms with E-state index in [2.05, 4.69) is 31.5 Å². The first-order chi connectivity index (χ1) is 9.37. The van der Waals surface area contributed by atoms with Crippen LogP contribution in [0.1, 0.15) is 19.7 Å². The molecule has 0 radical (unpaired) electrons. The summed E-state index contributed by atoms with van der Waals surface area (Å²) in [6, 6.07) is 7.77. The van der Waals surface area contributed by atoms with Crippen LogP contribution in [0.15, 0.2) is 28.7 Å².